The van der Waals surface area contributed by atoms with Gasteiger partial charge in [-0.15, -0.1) is 0 Å². The third-order valence-electron chi connectivity index (χ3n) is 2.88. The molecule has 0 aliphatic heterocycles. The van der Waals surface area contributed by atoms with E-state index < -0.39 is 0 Å². The molecule has 0 unspecified atom stereocenters. The molecule has 0 fully saturated rings. The first-order valence-corrected chi connectivity index (χ1v) is 7.09. The molecule has 0 bridgehead atoms. The number of aryl methyl sites for hydroxylation is 2. The molecule has 0 aliphatic rings. The summed E-state index contributed by atoms with van der Waals surface area (Å²) < 4.78 is 7.57. The molecule has 104 valence electrons. The predicted octanol–water partition coefficient (Wildman–Crippen LogP) is 2.51. The van der Waals surface area contributed by atoms with E-state index in [-0.39, 0.29) is 0 Å². The van der Waals surface area contributed by atoms with Crippen molar-refractivity contribution in [1.82, 2.24) is 15.1 Å². The van der Waals surface area contributed by atoms with Gasteiger partial charge in [0.25, 0.3) is 0 Å². The maximum atomic E-state index is 5.52. The summed E-state index contributed by atoms with van der Waals surface area (Å²) in [7, 11) is 0. The molecule has 1 heterocycles. The average molecular weight is 253 g/mol. The van der Waals surface area contributed by atoms with Crippen molar-refractivity contribution in [2.45, 2.75) is 53.1 Å². The lowest BCUT2D eigenvalue weighted by molar-refractivity contribution is 0.128. The summed E-state index contributed by atoms with van der Waals surface area (Å²) in [5.74, 6) is 0. The SMILES string of the molecule is CCCCOCCCNCc1cc(C)nn1CC. The number of unbranched alkanes of at least 4 members (excludes halogenated alkanes) is 1. The third-order valence-corrected chi connectivity index (χ3v) is 2.88. The van der Waals surface area contributed by atoms with E-state index in [2.05, 4.69) is 35.0 Å². The highest BCUT2D eigenvalue weighted by molar-refractivity contribution is 5.08. The van der Waals surface area contributed by atoms with Crippen molar-refractivity contribution in [3.63, 3.8) is 0 Å². The van der Waals surface area contributed by atoms with Crippen molar-refractivity contribution in [2.75, 3.05) is 19.8 Å². The van der Waals surface area contributed by atoms with Crippen LogP contribution in [0.3, 0.4) is 0 Å². The maximum absolute atomic E-state index is 5.52. The fraction of sp³-hybridized carbons (Fsp3) is 0.786. The Labute approximate surface area is 111 Å². The van der Waals surface area contributed by atoms with Gasteiger partial charge in [-0.3, -0.25) is 4.68 Å². The van der Waals surface area contributed by atoms with Gasteiger partial charge < -0.3 is 10.1 Å². The van der Waals surface area contributed by atoms with E-state index in [0.717, 1.165) is 45.0 Å². The lowest BCUT2D eigenvalue weighted by Crippen LogP contribution is -2.19. The highest BCUT2D eigenvalue weighted by atomic mass is 16.5. The van der Waals surface area contributed by atoms with Crippen molar-refractivity contribution in [3.8, 4) is 0 Å². The van der Waals surface area contributed by atoms with Crippen molar-refractivity contribution in [1.29, 1.82) is 0 Å². The molecule has 1 rings (SSSR count). The summed E-state index contributed by atoms with van der Waals surface area (Å²) in [4.78, 5) is 0. The molecule has 0 spiro atoms. The van der Waals surface area contributed by atoms with Crippen molar-refractivity contribution < 1.29 is 4.74 Å². The zero-order valence-corrected chi connectivity index (χ0v) is 12.0. The minimum absolute atomic E-state index is 0.860. The predicted molar refractivity (Wildman–Crippen MR) is 74.7 cm³/mol. The van der Waals surface area contributed by atoms with E-state index in [4.69, 9.17) is 4.74 Å². The van der Waals surface area contributed by atoms with Gasteiger partial charge in [0, 0.05) is 26.3 Å². The van der Waals surface area contributed by atoms with E-state index in [1.165, 1.54) is 18.5 Å². The molecule has 4 heteroatoms. The van der Waals surface area contributed by atoms with E-state index in [0.29, 0.717) is 0 Å². The molecule has 0 aromatic carbocycles. The molecule has 0 saturated carbocycles. The van der Waals surface area contributed by atoms with E-state index in [1.807, 2.05) is 6.92 Å². The Morgan fingerprint density at radius 1 is 1.28 bits per heavy atom. The van der Waals surface area contributed by atoms with Crippen LogP contribution < -0.4 is 5.32 Å². The monoisotopic (exact) mass is 253 g/mol. The minimum atomic E-state index is 0.860. The van der Waals surface area contributed by atoms with Crippen LogP contribution in [-0.4, -0.2) is 29.5 Å². The summed E-state index contributed by atoms with van der Waals surface area (Å²) in [6, 6.07) is 2.15. The molecule has 0 atom stereocenters. The molecule has 1 aromatic rings. The summed E-state index contributed by atoms with van der Waals surface area (Å²) in [6.07, 6.45) is 3.45. The van der Waals surface area contributed by atoms with Crippen LogP contribution in [0.2, 0.25) is 0 Å². The Bertz CT molecular complexity index is 323. The number of ether oxygens (including phenoxy) is 1. The van der Waals surface area contributed by atoms with Gasteiger partial charge >= 0.3 is 0 Å². The number of rotatable bonds is 10. The number of hydrogen-bond acceptors (Lipinski definition) is 3. The van der Waals surface area contributed by atoms with Crippen molar-refractivity contribution in [3.05, 3.63) is 17.5 Å². The van der Waals surface area contributed by atoms with Crippen LogP contribution in [0, 0.1) is 6.92 Å². The van der Waals surface area contributed by atoms with Crippen LogP contribution in [0.4, 0.5) is 0 Å². The van der Waals surface area contributed by atoms with Gasteiger partial charge in [0.05, 0.1) is 11.4 Å². The summed E-state index contributed by atoms with van der Waals surface area (Å²) in [6.45, 7) is 10.9. The van der Waals surface area contributed by atoms with Crippen LogP contribution in [0.1, 0.15) is 44.5 Å². The van der Waals surface area contributed by atoms with Gasteiger partial charge in [0.15, 0.2) is 0 Å². The molecule has 1 aromatic heterocycles. The van der Waals surface area contributed by atoms with Crippen molar-refractivity contribution >= 4 is 0 Å². The Morgan fingerprint density at radius 2 is 2.06 bits per heavy atom. The van der Waals surface area contributed by atoms with Gasteiger partial charge in [0.2, 0.25) is 0 Å². The summed E-state index contributed by atoms with van der Waals surface area (Å²) in [5, 5.41) is 7.87. The fourth-order valence-corrected chi connectivity index (χ4v) is 1.88. The van der Waals surface area contributed by atoms with Gasteiger partial charge in [-0.1, -0.05) is 13.3 Å². The van der Waals surface area contributed by atoms with Gasteiger partial charge in [-0.05, 0) is 39.3 Å². The Balaban J connectivity index is 2.06. The Kier molecular flexibility index (Phi) is 7.69. The number of aromatic nitrogens is 2. The number of nitrogens with one attached hydrogen (secondary N) is 1. The average Bonchev–Trinajstić information content (AvgIpc) is 2.73. The zero-order valence-electron chi connectivity index (χ0n) is 12.0. The number of hydrogen-bond donors (Lipinski definition) is 1. The molecular weight excluding hydrogens is 226 g/mol. The highest BCUT2D eigenvalue weighted by Gasteiger charge is 2.02. The fourth-order valence-electron chi connectivity index (χ4n) is 1.88. The second-order valence-corrected chi connectivity index (χ2v) is 4.59. The first kappa shape index (κ1) is 15.2. The Hall–Kier alpha value is -0.870. The lowest BCUT2D eigenvalue weighted by Gasteiger charge is -2.07. The Morgan fingerprint density at radius 3 is 2.78 bits per heavy atom. The molecule has 0 radical (unpaired) electrons. The first-order valence-electron chi connectivity index (χ1n) is 7.09. The van der Waals surface area contributed by atoms with Crippen LogP contribution >= 0.6 is 0 Å². The molecule has 4 nitrogen and oxygen atoms in total. The molecule has 0 amide bonds. The topological polar surface area (TPSA) is 39.1 Å². The van der Waals surface area contributed by atoms with Gasteiger partial charge in [-0.2, -0.15) is 5.10 Å². The van der Waals surface area contributed by atoms with Crippen LogP contribution in [0.25, 0.3) is 0 Å². The van der Waals surface area contributed by atoms with E-state index >= 15 is 0 Å². The highest BCUT2D eigenvalue weighted by Crippen LogP contribution is 2.03. The second-order valence-electron chi connectivity index (χ2n) is 4.59. The molecule has 0 saturated heterocycles. The minimum Gasteiger partial charge on any atom is -0.381 e. The molecular formula is C14H27N3O. The normalized spacial score (nSPS) is 11.1. The van der Waals surface area contributed by atoms with E-state index in [9.17, 15) is 0 Å². The van der Waals surface area contributed by atoms with Gasteiger partial charge in [0.1, 0.15) is 0 Å². The number of nitrogens with zero attached hydrogens (tertiary/aromatic N) is 2. The van der Waals surface area contributed by atoms with Gasteiger partial charge in [-0.25, -0.2) is 0 Å². The second kappa shape index (κ2) is 9.11. The maximum Gasteiger partial charge on any atom is 0.0597 e. The molecule has 0 aliphatic carbocycles. The standard InChI is InChI=1S/C14H27N3O/c1-4-6-9-18-10-7-8-15-12-14-11-13(3)16-17(14)5-2/h11,15H,4-10,12H2,1-3H3. The van der Waals surface area contributed by atoms with Crippen LogP contribution in [0.5, 0.6) is 0 Å². The van der Waals surface area contributed by atoms with E-state index in [1.54, 1.807) is 0 Å². The summed E-state index contributed by atoms with van der Waals surface area (Å²) in [5.41, 5.74) is 2.36. The van der Waals surface area contributed by atoms with Crippen molar-refractivity contribution in [2.24, 2.45) is 0 Å². The first-order chi connectivity index (χ1) is 8.77. The third kappa shape index (κ3) is 5.65. The largest absolute Gasteiger partial charge is 0.381 e. The quantitative estimate of drug-likeness (QED) is 0.651. The molecule has 1 N–H and O–H groups in total. The smallest absolute Gasteiger partial charge is 0.0597 e. The van der Waals surface area contributed by atoms with Crippen LogP contribution in [-0.2, 0) is 17.8 Å². The van der Waals surface area contributed by atoms with Crippen LogP contribution in [0.15, 0.2) is 6.07 Å². The summed E-state index contributed by atoms with van der Waals surface area (Å²) >= 11 is 0. The zero-order chi connectivity index (χ0) is 13.2. The lowest BCUT2D eigenvalue weighted by atomic mass is 10.3. The molecule has 18 heavy (non-hydrogen) atoms.